The van der Waals surface area contributed by atoms with E-state index >= 15 is 0 Å². The van der Waals surface area contributed by atoms with E-state index in [2.05, 4.69) is 6.58 Å². The van der Waals surface area contributed by atoms with Gasteiger partial charge in [-0.15, -0.1) is 0 Å². The molecule has 0 aliphatic heterocycles. The molecule has 0 atom stereocenters. The van der Waals surface area contributed by atoms with Gasteiger partial charge in [0.05, 0.1) is 0 Å². The van der Waals surface area contributed by atoms with Crippen LogP contribution >= 0.6 is 0 Å². The number of phenolic OH excluding ortho intramolecular Hbond substituents is 1. The van der Waals surface area contributed by atoms with Crippen LogP contribution in [0.15, 0.2) is 42.5 Å². The molecule has 0 saturated heterocycles. The van der Waals surface area contributed by atoms with Crippen LogP contribution in [0.5, 0.6) is 11.5 Å². The van der Waals surface area contributed by atoms with E-state index in [-0.39, 0.29) is 5.75 Å². The summed E-state index contributed by atoms with van der Waals surface area (Å²) in [6.07, 6.45) is 5.34. The third kappa shape index (κ3) is 2.29. The first-order chi connectivity index (χ1) is 10.5. The topological polar surface area (TPSA) is 46.5 Å². The van der Waals surface area contributed by atoms with Gasteiger partial charge in [0, 0.05) is 27.5 Å². The predicted molar refractivity (Wildman–Crippen MR) is 87.3 cm³/mol. The van der Waals surface area contributed by atoms with Gasteiger partial charge in [-0.25, -0.2) is 4.79 Å². The van der Waals surface area contributed by atoms with Crippen molar-refractivity contribution < 1.29 is 14.6 Å². The maximum Gasteiger partial charge on any atom is 0.338 e. The van der Waals surface area contributed by atoms with Gasteiger partial charge in [-0.05, 0) is 32.8 Å². The Bertz CT molecular complexity index is 828. The number of aromatic hydroxyl groups is 1. The minimum absolute atomic E-state index is 0.285. The summed E-state index contributed by atoms with van der Waals surface area (Å²) in [6.45, 7) is 7.23. The van der Waals surface area contributed by atoms with Gasteiger partial charge in [0.25, 0.3) is 0 Å². The molecule has 112 valence electrons. The predicted octanol–water partition coefficient (Wildman–Crippen LogP) is 3.99. The van der Waals surface area contributed by atoms with Crippen LogP contribution in [-0.4, -0.2) is 11.1 Å². The summed E-state index contributed by atoms with van der Waals surface area (Å²) in [5, 5.41) is 12.1. The molecule has 0 radical (unpaired) electrons. The maximum absolute atomic E-state index is 12.0. The lowest BCUT2D eigenvalue weighted by molar-refractivity contribution is -0.130. The number of carbonyl (C=O) groups is 1. The average molecular weight is 294 g/mol. The SMILES string of the molecule is C=C(C)C(=O)Oc1c2c(c(O)c3cc(C)ccc13)CC=CC2. The minimum Gasteiger partial charge on any atom is -0.507 e. The summed E-state index contributed by atoms with van der Waals surface area (Å²) in [5.74, 6) is 0.387. The van der Waals surface area contributed by atoms with Gasteiger partial charge in [-0.3, -0.25) is 0 Å². The van der Waals surface area contributed by atoms with Crippen molar-refractivity contribution in [1.29, 1.82) is 0 Å². The number of phenols is 1. The highest BCUT2D eigenvalue weighted by Crippen LogP contribution is 2.42. The second-order valence-electron chi connectivity index (χ2n) is 5.73. The highest BCUT2D eigenvalue weighted by Gasteiger charge is 2.22. The van der Waals surface area contributed by atoms with E-state index in [1.54, 1.807) is 6.92 Å². The third-order valence-electron chi connectivity index (χ3n) is 3.95. The fraction of sp³-hybridized carbons (Fsp3) is 0.211. The smallest absolute Gasteiger partial charge is 0.338 e. The van der Waals surface area contributed by atoms with Crippen molar-refractivity contribution in [2.24, 2.45) is 0 Å². The number of hydrogen-bond acceptors (Lipinski definition) is 3. The molecule has 3 heteroatoms. The molecule has 1 aliphatic rings. The van der Waals surface area contributed by atoms with Gasteiger partial charge < -0.3 is 9.84 Å². The Labute approximate surface area is 129 Å². The lowest BCUT2D eigenvalue weighted by atomic mass is 9.90. The Morgan fingerprint density at radius 1 is 1.18 bits per heavy atom. The zero-order chi connectivity index (χ0) is 15.9. The van der Waals surface area contributed by atoms with Gasteiger partial charge in [0.15, 0.2) is 0 Å². The van der Waals surface area contributed by atoms with Crippen LogP contribution in [0.25, 0.3) is 10.8 Å². The van der Waals surface area contributed by atoms with Crippen LogP contribution < -0.4 is 4.74 Å². The first kappa shape index (κ1) is 14.4. The van der Waals surface area contributed by atoms with Crippen LogP contribution in [-0.2, 0) is 17.6 Å². The molecule has 3 nitrogen and oxygen atoms in total. The summed E-state index contributed by atoms with van der Waals surface area (Å²) in [5.41, 5.74) is 3.12. The van der Waals surface area contributed by atoms with E-state index < -0.39 is 5.97 Å². The van der Waals surface area contributed by atoms with Crippen LogP contribution in [0.2, 0.25) is 0 Å². The largest absolute Gasteiger partial charge is 0.507 e. The molecule has 0 unspecified atom stereocenters. The molecule has 1 aliphatic carbocycles. The van der Waals surface area contributed by atoms with Crippen LogP contribution in [0.3, 0.4) is 0 Å². The van der Waals surface area contributed by atoms with Gasteiger partial charge in [-0.2, -0.15) is 0 Å². The molecule has 1 N–H and O–H groups in total. The molecule has 0 saturated carbocycles. The van der Waals surface area contributed by atoms with E-state index in [1.807, 2.05) is 37.3 Å². The fourth-order valence-electron chi connectivity index (χ4n) is 2.79. The minimum atomic E-state index is -0.440. The van der Waals surface area contributed by atoms with Gasteiger partial charge >= 0.3 is 5.97 Å². The molecule has 0 fully saturated rings. The Morgan fingerprint density at radius 2 is 1.86 bits per heavy atom. The van der Waals surface area contributed by atoms with E-state index in [0.29, 0.717) is 24.2 Å². The second-order valence-corrected chi connectivity index (χ2v) is 5.73. The fourth-order valence-corrected chi connectivity index (χ4v) is 2.79. The van der Waals surface area contributed by atoms with Gasteiger partial charge in [0.2, 0.25) is 0 Å². The highest BCUT2D eigenvalue weighted by molar-refractivity contribution is 5.99. The van der Waals surface area contributed by atoms with Crippen molar-refractivity contribution in [2.75, 3.05) is 0 Å². The molecule has 2 aromatic rings. The average Bonchev–Trinajstić information content (AvgIpc) is 2.51. The standard InChI is InChI=1S/C19H18O3/c1-11(2)19(21)22-18-14-7-5-4-6-13(14)17(20)16-10-12(3)8-9-15(16)18/h4-5,8-10,20H,1,6-7H2,2-3H3. The number of aryl methyl sites for hydroxylation is 1. The van der Waals surface area contributed by atoms with Gasteiger partial charge in [-0.1, -0.05) is 36.4 Å². The number of benzene rings is 2. The van der Waals surface area contributed by atoms with Crippen molar-refractivity contribution in [3.63, 3.8) is 0 Å². The number of esters is 1. The Balaban J connectivity index is 2.31. The summed E-state index contributed by atoms with van der Waals surface area (Å²) < 4.78 is 5.60. The Morgan fingerprint density at radius 3 is 2.55 bits per heavy atom. The number of rotatable bonds is 2. The number of ether oxygens (including phenoxy) is 1. The number of fused-ring (bicyclic) bond motifs is 2. The zero-order valence-corrected chi connectivity index (χ0v) is 12.8. The molecular weight excluding hydrogens is 276 g/mol. The quantitative estimate of drug-likeness (QED) is 0.394. The third-order valence-corrected chi connectivity index (χ3v) is 3.95. The van der Waals surface area contributed by atoms with E-state index in [1.165, 1.54) is 0 Å². The Hall–Kier alpha value is -2.55. The summed E-state index contributed by atoms with van der Waals surface area (Å²) in [4.78, 5) is 12.0. The maximum atomic E-state index is 12.0. The molecule has 0 bridgehead atoms. The van der Waals surface area contributed by atoms with Gasteiger partial charge in [0.1, 0.15) is 11.5 Å². The highest BCUT2D eigenvalue weighted by atomic mass is 16.5. The Kier molecular flexibility index (Phi) is 3.49. The van der Waals surface area contributed by atoms with Crippen molar-refractivity contribution in [1.82, 2.24) is 0 Å². The lowest BCUT2D eigenvalue weighted by Crippen LogP contribution is -2.12. The summed E-state index contributed by atoms with van der Waals surface area (Å²) >= 11 is 0. The second kappa shape index (κ2) is 5.34. The molecule has 0 heterocycles. The molecule has 3 rings (SSSR count). The zero-order valence-electron chi connectivity index (χ0n) is 12.8. The van der Waals surface area contributed by atoms with E-state index in [4.69, 9.17) is 4.74 Å². The van der Waals surface area contributed by atoms with E-state index in [0.717, 1.165) is 27.5 Å². The lowest BCUT2D eigenvalue weighted by Gasteiger charge is -2.20. The normalized spacial score (nSPS) is 13.0. The molecular formula is C19H18O3. The number of hydrogen-bond donors (Lipinski definition) is 1. The summed E-state index contributed by atoms with van der Waals surface area (Å²) in [6, 6.07) is 5.76. The molecule has 0 amide bonds. The first-order valence-corrected chi connectivity index (χ1v) is 7.28. The first-order valence-electron chi connectivity index (χ1n) is 7.28. The molecule has 0 spiro atoms. The number of carbonyl (C=O) groups excluding carboxylic acids is 1. The summed E-state index contributed by atoms with van der Waals surface area (Å²) in [7, 11) is 0. The monoisotopic (exact) mass is 294 g/mol. The molecule has 0 aromatic heterocycles. The molecule has 22 heavy (non-hydrogen) atoms. The van der Waals surface area contributed by atoms with Crippen molar-refractivity contribution >= 4 is 16.7 Å². The molecule has 2 aromatic carbocycles. The van der Waals surface area contributed by atoms with Crippen LogP contribution in [0.4, 0.5) is 0 Å². The van der Waals surface area contributed by atoms with Crippen molar-refractivity contribution in [2.45, 2.75) is 26.7 Å². The van der Waals surface area contributed by atoms with Crippen molar-refractivity contribution in [3.05, 3.63) is 59.2 Å². The van der Waals surface area contributed by atoms with Crippen LogP contribution in [0, 0.1) is 6.92 Å². The number of allylic oxidation sites excluding steroid dienone is 2. The van der Waals surface area contributed by atoms with E-state index in [9.17, 15) is 9.90 Å². The van der Waals surface area contributed by atoms with Crippen molar-refractivity contribution in [3.8, 4) is 11.5 Å². The van der Waals surface area contributed by atoms with Crippen LogP contribution in [0.1, 0.15) is 23.6 Å².